The minimum absolute atomic E-state index is 0.861. The number of fused-ring (bicyclic) bond motifs is 6. The van der Waals surface area contributed by atoms with Gasteiger partial charge in [-0.2, -0.15) is 0 Å². The quantitative estimate of drug-likeness (QED) is 0.128. The number of benzene rings is 16. The Kier molecular flexibility index (Phi) is 14.9. The van der Waals surface area contributed by atoms with Crippen molar-refractivity contribution in [1.82, 2.24) is 19.9 Å². The Labute approximate surface area is 557 Å². The van der Waals surface area contributed by atoms with Crippen molar-refractivity contribution in [3.05, 3.63) is 364 Å². The first kappa shape index (κ1) is 57.2. The maximum absolute atomic E-state index is 5.32. The van der Waals surface area contributed by atoms with E-state index in [9.17, 15) is 0 Å². The van der Waals surface area contributed by atoms with E-state index in [0.717, 1.165) is 100 Å². The van der Waals surface area contributed by atoms with Gasteiger partial charge in [-0.05, 0) is 111 Å². The Morgan fingerprint density at radius 2 is 0.323 bits per heavy atom. The van der Waals surface area contributed by atoms with Crippen molar-refractivity contribution < 1.29 is 0 Å². The molecule has 0 aliphatic rings. The minimum Gasteiger partial charge on any atom is -0.244 e. The molecule has 0 N–H and O–H groups in total. The predicted octanol–water partition coefficient (Wildman–Crippen LogP) is 24.5. The van der Waals surface area contributed by atoms with E-state index in [0.29, 0.717) is 0 Å². The molecule has 2 heterocycles. The van der Waals surface area contributed by atoms with E-state index >= 15 is 0 Å². The molecule has 0 spiro atoms. The van der Waals surface area contributed by atoms with Crippen LogP contribution in [0.2, 0.25) is 0 Å². The largest absolute Gasteiger partial charge is 0.244 e. The molecule has 96 heavy (non-hydrogen) atoms. The highest BCUT2D eigenvalue weighted by Crippen LogP contribution is 2.47. The minimum atomic E-state index is 0.861. The van der Waals surface area contributed by atoms with Crippen LogP contribution in [0.15, 0.2) is 364 Å². The van der Waals surface area contributed by atoms with E-state index in [1.807, 2.05) is 36.4 Å². The molecule has 0 fully saturated rings. The number of rotatable bonds is 10. The molecule has 448 valence electrons. The number of nitrogens with zero attached hydrogens (tertiary/aromatic N) is 4. The molecule has 2 aromatic heterocycles. The molecule has 4 heteroatoms. The highest BCUT2D eigenvalue weighted by molar-refractivity contribution is 6.23. The molecule has 0 atom stereocenters. The van der Waals surface area contributed by atoms with Crippen LogP contribution < -0.4 is 0 Å². The first-order chi connectivity index (χ1) is 47.7. The topological polar surface area (TPSA) is 51.6 Å². The summed E-state index contributed by atoms with van der Waals surface area (Å²) in [5.74, 6) is 0. The van der Waals surface area contributed by atoms with Gasteiger partial charge >= 0.3 is 0 Å². The van der Waals surface area contributed by atoms with Crippen LogP contribution in [0.3, 0.4) is 0 Å². The van der Waals surface area contributed by atoms with Gasteiger partial charge in [0, 0.05) is 33.4 Å². The Morgan fingerprint density at radius 3 is 0.594 bits per heavy atom. The average molecular weight is 1220 g/mol. The second kappa shape index (κ2) is 25.0. The number of aromatic nitrogens is 4. The summed E-state index contributed by atoms with van der Waals surface area (Å²) in [4.78, 5) is 21.3. The lowest BCUT2D eigenvalue weighted by atomic mass is 9.85. The zero-order valence-corrected chi connectivity index (χ0v) is 52.4. The average Bonchev–Trinajstić information content (AvgIpc) is 0.753. The molecule has 0 unspecified atom stereocenters. The van der Waals surface area contributed by atoms with Gasteiger partial charge in [0.05, 0.1) is 44.8 Å². The van der Waals surface area contributed by atoms with Crippen LogP contribution in [0.25, 0.3) is 177 Å². The number of hydrogen-bond acceptors (Lipinski definition) is 4. The molecule has 18 aromatic rings. The van der Waals surface area contributed by atoms with Gasteiger partial charge in [-0.25, -0.2) is 19.9 Å². The SMILES string of the molecule is c1ccc(-c2c3ccccc3c(-c3ccc(-c4nc5ccccc5nc4-c4ccc(-c5c6ccccc6c(-c6ccccc6)c6ccccc56)cc4)cc3)c3ccccc23)cc1.c1ccc(-c2nc3c(-c4ccccc4)ccc(-c4ccccc4)c3nc2-c2ccccc2)cc1. The lowest BCUT2D eigenvalue weighted by Gasteiger charge is -2.18. The fourth-order valence-corrected chi connectivity index (χ4v) is 14.1. The van der Waals surface area contributed by atoms with Gasteiger partial charge in [-0.15, -0.1) is 0 Å². The Morgan fingerprint density at radius 1 is 0.135 bits per heavy atom. The molecule has 0 amide bonds. The lowest BCUT2D eigenvalue weighted by molar-refractivity contribution is 1.29. The van der Waals surface area contributed by atoms with Crippen molar-refractivity contribution in [3.63, 3.8) is 0 Å². The first-order valence-electron chi connectivity index (χ1n) is 32.7. The van der Waals surface area contributed by atoms with E-state index in [-0.39, 0.29) is 0 Å². The van der Waals surface area contributed by atoms with Gasteiger partial charge in [-0.1, -0.05) is 352 Å². The summed E-state index contributed by atoms with van der Waals surface area (Å²) in [5, 5.41) is 9.93. The van der Waals surface area contributed by atoms with Crippen molar-refractivity contribution in [1.29, 1.82) is 0 Å². The van der Waals surface area contributed by atoms with Crippen LogP contribution in [0.4, 0.5) is 0 Å². The van der Waals surface area contributed by atoms with Gasteiger partial charge in [0.2, 0.25) is 0 Å². The summed E-state index contributed by atoms with van der Waals surface area (Å²) in [6.07, 6.45) is 0. The summed E-state index contributed by atoms with van der Waals surface area (Å²) >= 11 is 0. The Balaban J connectivity index is 0.000000173. The van der Waals surface area contributed by atoms with E-state index in [1.54, 1.807) is 0 Å². The van der Waals surface area contributed by atoms with Gasteiger partial charge in [0.25, 0.3) is 0 Å². The highest BCUT2D eigenvalue weighted by Gasteiger charge is 2.22. The molecule has 0 radical (unpaired) electrons. The molecular weight excluding hydrogens is 1160 g/mol. The second-order valence-corrected chi connectivity index (χ2v) is 24.2. The summed E-state index contributed by atoms with van der Waals surface area (Å²) in [7, 11) is 0. The molecule has 4 nitrogen and oxygen atoms in total. The third-order valence-corrected chi connectivity index (χ3v) is 18.5. The van der Waals surface area contributed by atoms with Gasteiger partial charge in [0.15, 0.2) is 0 Å². The molecule has 0 bridgehead atoms. The lowest BCUT2D eigenvalue weighted by Crippen LogP contribution is -1.98. The first-order valence-corrected chi connectivity index (χ1v) is 32.7. The second-order valence-electron chi connectivity index (χ2n) is 24.2. The van der Waals surface area contributed by atoms with E-state index in [1.165, 1.54) is 76.5 Å². The van der Waals surface area contributed by atoms with E-state index < -0.39 is 0 Å². The standard InChI is InChI=1S/C60H38N2.C32H22N2/c1-3-17-39(18-4-1)55-45-21-7-11-25-49(45)57(50-26-12-8-22-46(50)55)41-31-35-43(36-32-41)59-60(62-54-30-16-15-29-53(54)61-59)44-37-33-42(34-38-44)58-51-27-13-9-23-47(51)56(40-19-5-2-6-20-40)48-24-10-14-28-52(48)58;1-5-13-23(14-6-1)27-21-22-28(24-15-7-2-8-16-24)32-31(27)33-29(25-17-9-3-10-18-25)30(34-32)26-19-11-4-12-20-26/h1-38H;1-22H. The van der Waals surface area contributed by atoms with Crippen LogP contribution in [-0.4, -0.2) is 19.9 Å². The zero-order valence-electron chi connectivity index (χ0n) is 52.4. The fraction of sp³-hybridized carbons (Fsp3) is 0. The smallest absolute Gasteiger partial charge is 0.0979 e. The van der Waals surface area contributed by atoms with Crippen LogP contribution >= 0.6 is 0 Å². The predicted molar refractivity (Wildman–Crippen MR) is 403 cm³/mol. The molecular formula is C92H60N4. The van der Waals surface area contributed by atoms with Crippen LogP contribution in [0, 0.1) is 0 Å². The van der Waals surface area contributed by atoms with Crippen LogP contribution in [-0.2, 0) is 0 Å². The van der Waals surface area contributed by atoms with Crippen molar-refractivity contribution in [3.8, 4) is 112 Å². The molecule has 0 aliphatic heterocycles. The van der Waals surface area contributed by atoms with Crippen LogP contribution in [0.1, 0.15) is 0 Å². The summed E-state index contributed by atoms with van der Waals surface area (Å²) < 4.78 is 0. The van der Waals surface area contributed by atoms with Gasteiger partial charge < -0.3 is 0 Å². The van der Waals surface area contributed by atoms with Crippen molar-refractivity contribution in [2.45, 2.75) is 0 Å². The maximum atomic E-state index is 5.32. The monoisotopic (exact) mass is 1220 g/mol. The van der Waals surface area contributed by atoms with Crippen molar-refractivity contribution in [2.24, 2.45) is 0 Å². The zero-order chi connectivity index (χ0) is 63.7. The molecule has 16 aromatic carbocycles. The third-order valence-electron chi connectivity index (χ3n) is 18.5. The molecule has 18 rings (SSSR count). The normalized spacial score (nSPS) is 11.3. The summed E-state index contributed by atoms with van der Waals surface area (Å²) in [6, 6.07) is 129. The Hall–Kier alpha value is -12.8. The van der Waals surface area contributed by atoms with E-state index in [4.69, 9.17) is 19.9 Å². The molecule has 0 saturated carbocycles. The number of para-hydroxylation sites is 2. The molecule has 0 aliphatic carbocycles. The van der Waals surface area contributed by atoms with Gasteiger partial charge in [0.1, 0.15) is 0 Å². The highest BCUT2D eigenvalue weighted by atomic mass is 14.8. The maximum Gasteiger partial charge on any atom is 0.0979 e. The molecule has 0 saturated heterocycles. The summed E-state index contributed by atoms with van der Waals surface area (Å²) in [5.41, 5.74) is 25.4. The van der Waals surface area contributed by atoms with Crippen LogP contribution in [0.5, 0.6) is 0 Å². The fourth-order valence-electron chi connectivity index (χ4n) is 14.1. The van der Waals surface area contributed by atoms with Gasteiger partial charge in [-0.3, -0.25) is 0 Å². The number of hydrogen-bond donors (Lipinski definition) is 0. The van der Waals surface area contributed by atoms with E-state index in [2.05, 4.69) is 328 Å². The third kappa shape index (κ3) is 10.5. The van der Waals surface area contributed by atoms with Crippen molar-refractivity contribution >= 4 is 65.2 Å². The summed E-state index contributed by atoms with van der Waals surface area (Å²) in [6.45, 7) is 0. The van der Waals surface area contributed by atoms with Crippen molar-refractivity contribution in [2.75, 3.05) is 0 Å². The Bertz CT molecular complexity index is 5410.